The smallest absolute Gasteiger partial charge is 0.253 e. The van der Waals surface area contributed by atoms with Gasteiger partial charge in [-0.15, -0.1) is 0 Å². The van der Waals surface area contributed by atoms with Gasteiger partial charge in [-0.25, -0.2) is 87.8 Å². The van der Waals surface area contributed by atoms with Gasteiger partial charge in [0.1, 0.15) is 23.2 Å². The number of unbranched alkanes of at least 4 members (excludes halogenated alkanes) is 6. The lowest BCUT2D eigenvalue weighted by Gasteiger charge is -2.36. The van der Waals surface area contributed by atoms with Crippen molar-refractivity contribution >= 4 is 74.5 Å². The van der Waals surface area contributed by atoms with Crippen molar-refractivity contribution in [3.8, 4) is 16.9 Å². The van der Waals surface area contributed by atoms with Crippen LogP contribution in [0, 0.1) is 116 Å². The molecule has 0 saturated heterocycles. The highest BCUT2D eigenvalue weighted by Gasteiger charge is 2.45. The molecule has 0 heterocycles. The fraction of sp³-hybridized carbons (Fsp3) is 0.273. The van der Waals surface area contributed by atoms with E-state index in [9.17, 15) is 8.78 Å². The Labute approximate surface area is 432 Å². The number of hydrogen-bond acceptors (Lipinski definition) is 1. The third-order valence-corrected chi connectivity index (χ3v) is 19.6. The number of hydrogen-bond donors (Lipinski definition) is 0. The van der Waals surface area contributed by atoms with Crippen LogP contribution in [0.25, 0.3) is 54.2 Å². The first kappa shape index (κ1) is 57.7. The molecule has 23 heteroatoms. The number of rotatable bonds is 17. The van der Waals surface area contributed by atoms with Crippen LogP contribution in [-0.4, -0.2) is 15.0 Å². The molecule has 0 unspecified atom stereocenters. The minimum Gasteiger partial charge on any atom is -0.541 e. The van der Waals surface area contributed by atoms with Crippen LogP contribution in [0.4, 0.5) is 87.8 Å². The Morgan fingerprint density at radius 1 is 0.372 bits per heavy atom. The van der Waals surface area contributed by atoms with E-state index in [0.29, 0.717) is 31.0 Å². The zero-order valence-corrected chi connectivity index (χ0v) is 42.2. The monoisotopic (exact) mass is 1130 g/mol. The van der Waals surface area contributed by atoms with Crippen LogP contribution in [0.15, 0.2) is 36.4 Å². The lowest BCUT2D eigenvalue weighted by Crippen LogP contribution is -2.57. The summed E-state index contributed by atoms with van der Waals surface area (Å²) in [6, 6.07) is 4.14. The van der Waals surface area contributed by atoms with Gasteiger partial charge in [-0.2, -0.15) is 0 Å². The van der Waals surface area contributed by atoms with E-state index in [0.717, 1.165) is 56.7 Å². The second-order valence-corrected chi connectivity index (χ2v) is 23.7. The first-order valence-electron chi connectivity index (χ1n) is 24.4. The summed E-state index contributed by atoms with van der Waals surface area (Å²) in [6.45, 7) is 3.73. The Morgan fingerprint density at radius 3 is 1.24 bits per heavy atom. The molecule has 0 atom stereocenters. The van der Waals surface area contributed by atoms with E-state index in [-0.39, 0.29) is 17.7 Å². The summed E-state index contributed by atoms with van der Waals surface area (Å²) in [4.78, 5) is 0. The highest BCUT2D eigenvalue weighted by Crippen LogP contribution is 2.43. The largest absolute Gasteiger partial charge is 0.541 e. The fourth-order valence-corrected chi connectivity index (χ4v) is 14.6. The Morgan fingerprint density at radius 2 is 0.782 bits per heavy atom. The van der Waals surface area contributed by atoms with Crippen LogP contribution in [0.1, 0.15) is 79.1 Å². The minimum absolute atomic E-state index is 0.0503. The van der Waals surface area contributed by atoms with Gasteiger partial charge in [0.2, 0.25) is 0 Å². The lowest BCUT2D eigenvalue weighted by molar-refractivity contribution is 0.411. The zero-order valence-electron chi connectivity index (χ0n) is 41.2. The van der Waals surface area contributed by atoms with E-state index in [1.54, 1.807) is 0 Å². The standard InChI is InChI=1S/C55H39BF20OSi/c1-5-7-9-11-18-78(21(3)4,19-12-10-8-6-2)77-27-15-13-14-22(38(27)59)24-20-26(58)28-23(16-17-25(57)39(28)60)35(24)56(37-30-32(44(65)51(72)49(37)70)45(66)53(74)52(73)42(30)63)36-29-31(43(64)50(71)48(36)69)41(62)34-33(40(29)61)46(67)54(75)55(76)47(34)68/h13-17,20-21H,5-12,18-19H2,1-4H3. The van der Waals surface area contributed by atoms with Gasteiger partial charge in [0.25, 0.3) is 15.0 Å². The highest BCUT2D eigenvalue weighted by atomic mass is 28.4. The van der Waals surface area contributed by atoms with Gasteiger partial charge in [-0.1, -0.05) is 103 Å². The first-order valence-corrected chi connectivity index (χ1v) is 26.8. The van der Waals surface area contributed by atoms with E-state index in [4.69, 9.17) is 4.43 Å². The Kier molecular flexibility index (Phi) is 16.2. The third kappa shape index (κ3) is 9.08. The summed E-state index contributed by atoms with van der Waals surface area (Å²) in [5.74, 6) is -55.6. The molecule has 0 bridgehead atoms. The maximum atomic E-state index is 17.9. The summed E-state index contributed by atoms with van der Waals surface area (Å²) < 4.78 is 330. The van der Waals surface area contributed by atoms with Gasteiger partial charge in [-0.3, -0.25) is 0 Å². The molecule has 0 spiro atoms. The van der Waals surface area contributed by atoms with Crippen LogP contribution in [0.2, 0.25) is 17.6 Å². The quantitative estimate of drug-likeness (QED) is 0.0220. The van der Waals surface area contributed by atoms with Gasteiger partial charge in [-0.05, 0) is 57.7 Å². The molecule has 8 aromatic rings. The van der Waals surface area contributed by atoms with Gasteiger partial charge in [0.05, 0.1) is 26.9 Å². The van der Waals surface area contributed by atoms with Crippen molar-refractivity contribution in [2.45, 2.75) is 96.7 Å². The molecule has 0 fully saturated rings. The van der Waals surface area contributed by atoms with Crippen LogP contribution >= 0.6 is 0 Å². The van der Waals surface area contributed by atoms with E-state index >= 15 is 79.0 Å². The van der Waals surface area contributed by atoms with Crippen molar-refractivity contribution in [1.29, 1.82) is 0 Å². The van der Waals surface area contributed by atoms with Crippen LogP contribution in [0.3, 0.4) is 0 Å². The zero-order chi connectivity index (χ0) is 57.3. The molecule has 1 nitrogen and oxygen atoms in total. The van der Waals surface area contributed by atoms with Crippen molar-refractivity contribution in [2.75, 3.05) is 0 Å². The average Bonchev–Trinajstić information content (AvgIpc) is 3.61. The second kappa shape index (κ2) is 22.0. The van der Waals surface area contributed by atoms with Gasteiger partial charge in [0, 0.05) is 16.3 Å². The third-order valence-electron chi connectivity index (χ3n) is 14.5. The molecule has 0 N–H and O–H groups in total. The number of fused-ring (bicyclic) bond motifs is 4. The second-order valence-electron chi connectivity index (χ2n) is 19.2. The van der Waals surface area contributed by atoms with Crippen LogP contribution in [0.5, 0.6) is 5.75 Å². The normalized spacial score (nSPS) is 12.2. The molecular weight excluding hydrogens is 1100 g/mol. The SMILES string of the molecule is CCCCCC[Si](CCCCCC)(Oc1cccc(-c2cc(F)c3c(F)c(F)ccc3c2B(c2c(F)c(F)c(F)c3c(F)c(F)c(F)c(F)c23)c2c(F)c(F)c(F)c3c(F)c4c(F)c(F)c(F)c(F)c4c(F)c23)c1F)C(C)C. The molecule has 0 aliphatic carbocycles. The molecule has 8 rings (SSSR count). The summed E-state index contributed by atoms with van der Waals surface area (Å²) >= 11 is 0. The van der Waals surface area contributed by atoms with Gasteiger partial charge in [0.15, 0.2) is 98.9 Å². The molecule has 412 valence electrons. The number of benzene rings is 8. The van der Waals surface area contributed by atoms with E-state index in [1.165, 1.54) is 0 Å². The summed E-state index contributed by atoms with van der Waals surface area (Å²) in [5.41, 5.74) is -9.14. The van der Waals surface area contributed by atoms with Crippen LogP contribution < -0.4 is 20.8 Å². The Hall–Kier alpha value is -6.52. The molecule has 8 aromatic carbocycles. The van der Waals surface area contributed by atoms with E-state index in [2.05, 4.69) is 0 Å². The van der Waals surface area contributed by atoms with Gasteiger partial charge >= 0.3 is 0 Å². The molecule has 0 amide bonds. The van der Waals surface area contributed by atoms with Crippen molar-refractivity contribution in [3.05, 3.63) is 153 Å². The number of halogens is 20. The lowest BCUT2D eigenvalue weighted by atomic mass is 9.34. The summed E-state index contributed by atoms with van der Waals surface area (Å²) in [6.07, 6.45) is 5.86. The van der Waals surface area contributed by atoms with Crippen molar-refractivity contribution in [1.82, 2.24) is 0 Å². The molecule has 0 saturated carbocycles. The molecular formula is C55H39BF20OSi. The Bertz CT molecular complexity index is 3750. The van der Waals surface area contributed by atoms with Crippen molar-refractivity contribution in [2.24, 2.45) is 0 Å². The first-order chi connectivity index (χ1) is 36.8. The summed E-state index contributed by atoms with van der Waals surface area (Å²) in [7, 11) is -3.24. The van der Waals surface area contributed by atoms with E-state index < -0.39 is 208 Å². The topological polar surface area (TPSA) is 9.23 Å². The highest BCUT2D eigenvalue weighted by molar-refractivity contribution is 7.00. The summed E-state index contributed by atoms with van der Waals surface area (Å²) in [5, 5.41) is -17.6. The molecule has 0 radical (unpaired) electrons. The van der Waals surface area contributed by atoms with E-state index in [1.807, 2.05) is 27.7 Å². The van der Waals surface area contributed by atoms with Gasteiger partial charge < -0.3 is 4.43 Å². The average molecular weight is 1130 g/mol. The van der Waals surface area contributed by atoms with Crippen molar-refractivity contribution in [3.63, 3.8) is 0 Å². The predicted octanol–water partition coefficient (Wildman–Crippen LogP) is 17.2. The Balaban J connectivity index is 1.64. The maximum Gasteiger partial charge on any atom is 0.253 e. The maximum absolute atomic E-state index is 17.9. The minimum atomic E-state index is -3.81. The van der Waals surface area contributed by atoms with Crippen LogP contribution in [-0.2, 0) is 0 Å². The fourth-order valence-electron chi connectivity index (χ4n) is 10.5. The predicted molar refractivity (Wildman–Crippen MR) is 258 cm³/mol. The molecule has 78 heavy (non-hydrogen) atoms. The molecule has 0 aliphatic rings. The van der Waals surface area contributed by atoms with Crippen molar-refractivity contribution < 1.29 is 92.2 Å². The molecule has 0 aliphatic heterocycles. The molecule has 0 aromatic heterocycles.